The molecule has 6 heteroatoms. The molecule has 0 aliphatic heterocycles. The molecular weight excluding hydrogens is 462 g/mol. The molecule has 0 bridgehead atoms. The van der Waals surface area contributed by atoms with Crippen LogP contribution in [0, 0.1) is 0 Å². The Kier molecular flexibility index (Phi) is 8.25. The van der Waals surface area contributed by atoms with Crippen molar-refractivity contribution in [2.45, 2.75) is 19.6 Å². The average molecular weight is 488 g/mol. The number of benzene rings is 4. The first-order valence-electron chi connectivity index (χ1n) is 11.3. The van der Waals surface area contributed by atoms with E-state index < -0.39 is 0 Å². The van der Waals surface area contributed by atoms with Crippen molar-refractivity contribution < 1.29 is 19.4 Å². The highest BCUT2D eigenvalue weighted by atomic mass is 35.5. The summed E-state index contributed by atoms with van der Waals surface area (Å²) in [5.74, 6) is 0.805. The lowest BCUT2D eigenvalue weighted by atomic mass is 10.1. The molecule has 4 aromatic carbocycles. The molecule has 0 fully saturated rings. The Morgan fingerprint density at radius 1 is 0.743 bits per heavy atom. The van der Waals surface area contributed by atoms with E-state index >= 15 is 0 Å². The summed E-state index contributed by atoms with van der Waals surface area (Å²) in [5.41, 5.74) is 3.25. The van der Waals surface area contributed by atoms with E-state index in [0.717, 1.165) is 16.7 Å². The molecule has 178 valence electrons. The Hall–Kier alpha value is -3.96. The Balaban J connectivity index is 1.42. The Morgan fingerprint density at radius 2 is 1.37 bits per heavy atom. The number of carbonyl (C=O) groups excluding carboxylic acids is 1. The van der Waals surface area contributed by atoms with Gasteiger partial charge in [-0.1, -0.05) is 78.3 Å². The van der Waals surface area contributed by atoms with Gasteiger partial charge >= 0.3 is 0 Å². The number of amides is 1. The minimum absolute atomic E-state index is 0.108. The zero-order chi connectivity index (χ0) is 24.5. The zero-order valence-electron chi connectivity index (χ0n) is 19.1. The Bertz CT molecular complexity index is 1260. The number of hydrogen-bond acceptors (Lipinski definition) is 4. The van der Waals surface area contributed by atoms with Crippen molar-refractivity contribution in [3.05, 3.63) is 124 Å². The smallest absolute Gasteiger partial charge is 0.255 e. The van der Waals surface area contributed by atoms with E-state index in [1.54, 1.807) is 0 Å². The van der Waals surface area contributed by atoms with Gasteiger partial charge in [0.2, 0.25) is 0 Å². The van der Waals surface area contributed by atoms with Gasteiger partial charge in [-0.2, -0.15) is 0 Å². The summed E-state index contributed by atoms with van der Waals surface area (Å²) in [6.45, 7) is 1.23. The van der Waals surface area contributed by atoms with Crippen molar-refractivity contribution in [2.24, 2.45) is 0 Å². The highest BCUT2D eigenvalue weighted by molar-refractivity contribution is 6.31. The van der Waals surface area contributed by atoms with Crippen LogP contribution in [0.5, 0.6) is 17.2 Å². The molecule has 2 N–H and O–H groups in total. The molecule has 0 atom stereocenters. The van der Waals surface area contributed by atoms with Crippen molar-refractivity contribution in [2.75, 3.05) is 6.54 Å². The number of carbonyl (C=O) groups is 1. The lowest BCUT2D eigenvalue weighted by Crippen LogP contribution is -2.25. The van der Waals surface area contributed by atoms with Crippen molar-refractivity contribution in [3.63, 3.8) is 0 Å². The first-order valence-corrected chi connectivity index (χ1v) is 11.7. The lowest BCUT2D eigenvalue weighted by Gasteiger charge is -2.15. The van der Waals surface area contributed by atoms with Gasteiger partial charge in [-0.05, 0) is 53.4 Å². The largest absolute Gasteiger partial charge is 0.507 e. The number of aromatic hydroxyl groups is 1. The molecule has 0 unspecified atom stereocenters. The van der Waals surface area contributed by atoms with E-state index in [9.17, 15) is 9.90 Å². The van der Waals surface area contributed by atoms with E-state index in [1.165, 1.54) is 18.2 Å². The second-order valence-electron chi connectivity index (χ2n) is 8.00. The van der Waals surface area contributed by atoms with E-state index in [2.05, 4.69) is 5.32 Å². The van der Waals surface area contributed by atoms with Crippen LogP contribution in [-0.4, -0.2) is 17.6 Å². The summed E-state index contributed by atoms with van der Waals surface area (Å²) in [4.78, 5) is 12.4. The molecule has 0 radical (unpaired) electrons. The molecule has 4 rings (SSSR count). The summed E-state index contributed by atoms with van der Waals surface area (Å²) in [5, 5.41) is 13.1. The van der Waals surface area contributed by atoms with Crippen LogP contribution in [0.4, 0.5) is 0 Å². The summed E-state index contributed by atoms with van der Waals surface area (Å²) >= 11 is 5.94. The molecule has 0 saturated carbocycles. The van der Waals surface area contributed by atoms with Crippen molar-refractivity contribution in [1.82, 2.24) is 5.32 Å². The van der Waals surface area contributed by atoms with Crippen LogP contribution in [0.2, 0.25) is 5.02 Å². The van der Waals surface area contributed by atoms with Crippen molar-refractivity contribution in [1.29, 1.82) is 0 Å². The maximum Gasteiger partial charge on any atom is 0.255 e. The summed E-state index contributed by atoms with van der Waals surface area (Å²) in [6, 6.07) is 30.1. The summed E-state index contributed by atoms with van der Waals surface area (Å²) in [7, 11) is 0. The normalized spacial score (nSPS) is 10.5. The molecule has 0 saturated heterocycles. The number of phenols is 1. The minimum atomic E-state index is -0.381. The number of halogens is 1. The van der Waals surface area contributed by atoms with E-state index in [1.807, 2.05) is 78.9 Å². The highest BCUT2D eigenvalue weighted by Gasteiger charge is 2.12. The zero-order valence-corrected chi connectivity index (χ0v) is 19.9. The fourth-order valence-corrected chi connectivity index (χ4v) is 3.69. The highest BCUT2D eigenvalue weighted by Crippen LogP contribution is 2.30. The number of hydrogen-bond donors (Lipinski definition) is 2. The standard InChI is InChI=1S/C29H26ClNO4/c30-24-12-13-26(32)25(18-24)29(33)31-16-15-21-11-14-27(34-19-22-7-3-1-4-8-22)28(17-21)35-20-23-9-5-2-6-10-23/h1-14,17-18,32H,15-16,19-20H2,(H,31,33). The number of ether oxygens (including phenoxy) is 2. The summed E-state index contributed by atoms with van der Waals surface area (Å²) < 4.78 is 12.2. The fraction of sp³-hybridized carbons (Fsp3) is 0.138. The second kappa shape index (κ2) is 12.0. The number of rotatable bonds is 10. The topological polar surface area (TPSA) is 67.8 Å². The van der Waals surface area contributed by atoms with Gasteiger partial charge in [-0.3, -0.25) is 4.79 Å². The Labute approximate surface area is 209 Å². The number of phenolic OH excluding ortho intramolecular Hbond substituents is 1. The first kappa shape index (κ1) is 24.2. The van der Waals surface area contributed by atoms with Gasteiger partial charge in [0.1, 0.15) is 19.0 Å². The molecule has 4 aromatic rings. The fourth-order valence-electron chi connectivity index (χ4n) is 3.52. The molecule has 0 aliphatic rings. The van der Waals surface area contributed by atoms with Crippen LogP contribution in [0.3, 0.4) is 0 Å². The predicted octanol–water partition coefficient (Wildman–Crippen LogP) is 6.18. The third-order valence-electron chi connectivity index (χ3n) is 5.38. The SMILES string of the molecule is O=C(NCCc1ccc(OCc2ccccc2)c(OCc2ccccc2)c1)c1cc(Cl)ccc1O. The van der Waals surface area contributed by atoms with Gasteiger partial charge in [0.05, 0.1) is 5.56 Å². The molecule has 0 heterocycles. The molecular formula is C29H26ClNO4. The van der Waals surface area contributed by atoms with Crippen molar-refractivity contribution >= 4 is 17.5 Å². The van der Waals surface area contributed by atoms with Crippen LogP contribution in [0.25, 0.3) is 0 Å². The molecule has 1 amide bonds. The van der Waals surface area contributed by atoms with Gasteiger partial charge in [0.25, 0.3) is 5.91 Å². The quantitative estimate of drug-likeness (QED) is 0.280. The third-order valence-corrected chi connectivity index (χ3v) is 5.62. The minimum Gasteiger partial charge on any atom is -0.507 e. The average Bonchev–Trinajstić information content (AvgIpc) is 2.89. The monoisotopic (exact) mass is 487 g/mol. The molecule has 5 nitrogen and oxygen atoms in total. The molecule has 0 spiro atoms. The molecule has 0 aliphatic carbocycles. The van der Waals surface area contributed by atoms with Gasteiger partial charge in [-0.25, -0.2) is 0 Å². The van der Waals surface area contributed by atoms with Crippen LogP contribution in [-0.2, 0) is 19.6 Å². The lowest BCUT2D eigenvalue weighted by molar-refractivity contribution is 0.0951. The molecule has 0 aromatic heterocycles. The first-order chi connectivity index (χ1) is 17.1. The van der Waals surface area contributed by atoms with Gasteiger partial charge in [0.15, 0.2) is 11.5 Å². The second-order valence-corrected chi connectivity index (χ2v) is 8.43. The van der Waals surface area contributed by atoms with E-state index in [-0.39, 0.29) is 17.2 Å². The van der Waals surface area contributed by atoms with Gasteiger partial charge in [-0.15, -0.1) is 0 Å². The summed E-state index contributed by atoms with van der Waals surface area (Å²) in [6.07, 6.45) is 0.577. The van der Waals surface area contributed by atoms with Crippen LogP contribution in [0.15, 0.2) is 97.1 Å². The third kappa shape index (κ3) is 7.01. The van der Waals surface area contributed by atoms with Crippen LogP contribution in [0.1, 0.15) is 27.0 Å². The van der Waals surface area contributed by atoms with E-state index in [4.69, 9.17) is 21.1 Å². The van der Waals surface area contributed by atoms with Gasteiger partial charge < -0.3 is 19.9 Å². The molecule has 35 heavy (non-hydrogen) atoms. The van der Waals surface area contributed by atoms with E-state index in [0.29, 0.717) is 42.7 Å². The maximum atomic E-state index is 12.4. The van der Waals surface area contributed by atoms with Crippen LogP contribution < -0.4 is 14.8 Å². The predicted molar refractivity (Wildman–Crippen MR) is 137 cm³/mol. The van der Waals surface area contributed by atoms with Crippen molar-refractivity contribution in [3.8, 4) is 17.2 Å². The van der Waals surface area contributed by atoms with Gasteiger partial charge in [0, 0.05) is 11.6 Å². The number of nitrogens with one attached hydrogen (secondary N) is 1. The van der Waals surface area contributed by atoms with Crippen LogP contribution >= 0.6 is 11.6 Å². The maximum absolute atomic E-state index is 12.4. The Morgan fingerprint density at radius 3 is 2.03 bits per heavy atom.